The first-order valence-electron chi connectivity index (χ1n) is 11.5. The zero-order valence-corrected chi connectivity index (χ0v) is 19.9. The highest BCUT2D eigenvalue weighted by atomic mass is 19.4. The Morgan fingerprint density at radius 3 is 1.97 bits per heavy atom. The number of fused-ring (bicyclic) bond motifs is 1. The van der Waals surface area contributed by atoms with Gasteiger partial charge >= 0.3 is 47.5 Å². The number of carbonyl (C=O) groups is 3. The summed E-state index contributed by atoms with van der Waals surface area (Å²) >= 11 is 0. The number of halogens is 10. The van der Waals surface area contributed by atoms with Gasteiger partial charge in [0.15, 0.2) is 5.41 Å². The zero-order chi connectivity index (χ0) is 29.1. The summed E-state index contributed by atoms with van der Waals surface area (Å²) in [6.07, 6.45) is -2.27. The molecule has 4 aliphatic rings. The number of alkyl halides is 10. The van der Waals surface area contributed by atoms with Crippen molar-refractivity contribution in [3.05, 3.63) is 0 Å². The molecule has 5 unspecified atom stereocenters. The van der Waals surface area contributed by atoms with E-state index in [1.807, 2.05) is 0 Å². The second kappa shape index (κ2) is 7.89. The zero-order valence-electron chi connectivity index (χ0n) is 19.9. The molecule has 2 bridgehead atoms. The van der Waals surface area contributed by atoms with Crippen LogP contribution in [-0.4, -0.2) is 66.3 Å². The Morgan fingerprint density at radius 1 is 0.947 bits per heavy atom. The van der Waals surface area contributed by atoms with Gasteiger partial charge < -0.3 is 14.2 Å². The molecule has 1 aliphatic heterocycles. The lowest BCUT2D eigenvalue weighted by Crippen LogP contribution is -2.78. The molecule has 216 valence electrons. The van der Waals surface area contributed by atoms with Gasteiger partial charge in [-0.2, -0.15) is 43.9 Å². The van der Waals surface area contributed by atoms with Gasteiger partial charge in [-0.05, 0) is 33.1 Å². The third-order valence-corrected chi connectivity index (χ3v) is 8.49. The van der Waals surface area contributed by atoms with E-state index in [1.54, 1.807) is 20.8 Å². The van der Waals surface area contributed by atoms with Crippen molar-refractivity contribution in [1.82, 2.24) is 0 Å². The minimum absolute atomic E-state index is 0.00806. The fourth-order valence-corrected chi connectivity index (χ4v) is 5.64. The van der Waals surface area contributed by atoms with Gasteiger partial charge in [0.05, 0.1) is 5.41 Å². The molecule has 0 N–H and O–H groups in total. The second-order valence-corrected chi connectivity index (χ2v) is 10.9. The molecular formula is C22H22F10O6. The normalized spacial score (nSPS) is 37.6. The van der Waals surface area contributed by atoms with E-state index in [9.17, 15) is 58.3 Å². The second-order valence-electron chi connectivity index (χ2n) is 10.9. The first-order valence-corrected chi connectivity index (χ1v) is 11.5. The molecule has 16 heteroatoms. The van der Waals surface area contributed by atoms with Crippen molar-refractivity contribution < 1.29 is 72.5 Å². The maximum Gasteiger partial charge on any atom is 0.384 e. The summed E-state index contributed by atoms with van der Waals surface area (Å²) in [6, 6.07) is 0. The molecule has 5 atom stereocenters. The maximum absolute atomic E-state index is 14.1. The highest BCUT2D eigenvalue weighted by Crippen LogP contribution is 2.67. The third-order valence-electron chi connectivity index (χ3n) is 8.49. The molecule has 0 aromatic rings. The number of rotatable bonds is 6. The van der Waals surface area contributed by atoms with Crippen LogP contribution >= 0.6 is 0 Å². The van der Waals surface area contributed by atoms with Gasteiger partial charge in [0.2, 0.25) is 0 Å². The summed E-state index contributed by atoms with van der Waals surface area (Å²) in [7, 11) is 0. The van der Waals surface area contributed by atoms with Crippen molar-refractivity contribution in [2.45, 2.75) is 81.9 Å². The summed E-state index contributed by atoms with van der Waals surface area (Å²) in [5.41, 5.74) is -3.20. The Hall–Kier alpha value is -2.29. The fraction of sp³-hybridized carbons (Fsp3) is 0.864. The van der Waals surface area contributed by atoms with Crippen LogP contribution in [0.3, 0.4) is 0 Å². The van der Waals surface area contributed by atoms with Gasteiger partial charge in [-0.1, -0.05) is 6.92 Å². The van der Waals surface area contributed by atoms with Crippen LogP contribution in [-0.2, 0) is 28.6 Å². The lowest BCUT2D eigenvalue weighted by molar-refractivity contribution is -0.465. The molecule has 6 nitrogen and oxygen atoms in total. The molecule has 3 saturated carbocycles. The van der Waals surface area contributed by atoms with Crippen molar-refractivity contribution in [2.75, 3.05) is 6.61 Å². The molecule has 0 amide bonds. The van der Waals surface area contributed by atoms with Crippen LogP contribution in [0.5, 0.6) is 0 Å². The molecule has 3 aliphatic carbocycles. The maximum atomic E-state index is 14.1. The highest BCUT2D eigenvalue weighted by molar-refractivity contribution is 6.03. The van der Waals surface area contributed by atoms with Crippen LogP contribution in [0.4, 0.5) is 43.9 Å². The largest absolute Gasteiger partial charge is 0.464 e. The molecule has 0 spiro atoms. The van der Waals surface area contributed by atoms with Crippen molar-refractivity contribution in [1.29, 1.82) is 0 Å². The molecule has 0 aromatic heterocycles. The van der Waals surface area contributed by atoms with E-state index in [0.29, 0.717) is 6.42 Å². The Morgan fingerprint density at radius 2 is 1.47 bits per heavy atom. The number of hydrogen-bond donors (Lipinski definition) is 0. The smallest absolute Gasteiger partial charge is 0.384 e. The molecule has 4 rings (SSSR count). The Balaban J connectivity index is 1.55. The van der Waals surface area contributed by atoms with Crippen LogP contribution in [0.15, 0.2) is 0 Å². The highest BCUT2D eigenvalue weighted by Gasteiger charge is 2.95. The molecule has 0 radical (unpaired) electrons. The number of esters is 3. The van der Waals surface area contributed by atoms with Gasteiger partial charge in [-0.3, -0.25) is 14.4 Å². The quantitative estimate of drug-likeness (QED) is 0.200. The van der Waals surface area contributed by atoms with Gasteiger partial charge in [0.25, 0.3) is 0 Å². The fourth-order valence-electron chi connectivity index (χ4n) is 5.64. The number of hydrogen-bond acceptors (Lipinski definition) is 6. The van der Waals surface area contributed by atoms with Crippen molar-refractivity contribution in [2.24, 2.45) is 28.6 Å². The Bertz CT molecular complexity index is 1030. The first-order chi connectivity index (χ1) is 17.1. The predicted octanol–water partition coefficient (Wildman–Crippen LogP) is 4.64. The van der Waals surface area contributed by atoms with E-state index in [-0.39, 0.29) is 6.42 Å². The topological polar surface area (TPSA) is 78.9 Å². The predicted molar refractivity (Wildman–Crippen MR) is 102 cm³/mol. The van der Waals surface area contributed by atoms with E-state index in [0.717, 1.165) is 0 Å². The number of ether oxygens (including phenoxy) is 3. The van der Waals surface area contributed by atoms with Gasteiger partial charge in [0, 0.05) is 11.8 Å². The van der Waals surface area contributed by atoms with Crippen LogP contribution in [0.1, 0.15) is 40.0 Å². The molecule has 1 heterocycles. The SMILES string of the molecule is CCC(C)(C)C(=O)OC1C2CC3C1OC(=O)C3(C(=O)OCC1C(F)(F)C(F)(F)C(F)(F)C(F)(F)C1(F)F)C2. The Kier molecular flexibility index (Phi) is 5.96. The van der Waals surface area contributed by atoms with Gasteiger partial charge in [-0.15, -0.1) is 0 Å². The molecular weight excluding hydrogens is 550 g/mol. The third kappa shape index (κ3) is 3.17. The average Bonchev–Trinajstić information content (AvgIpc) is 3.40. The summed E-state index contributed by atoms with van der Waals surface area (Å²) in [6.45, 7) is 2.36. The van der Waals surface area contributed by atoms with Crippen molar-refractivity contribution in [3.63, 3.8) is 0 Å². The minimum Gasteiger partial charge on any atom is -0.464 e. The van der Waals surface area contributed by atoms with Crippen LogP contribution in [0.2, 0.25) is 0 Å². The van der Waals surface area contributed by atoms with Crippen LogP contribution < -0.4 is 0 Å². The standard InChI is InChI=1S/C22H22F10O6/c1-4-16(2,3)13(33)37-11-8-5-9-12(11)38-15(35)17(9,6-8)14(34)36-7-10-18(23,24)20(27,28)22(31,32)21(29,30)19(10,25)26/h8-12H,4-7H2,1-3H3. The summed E-state index contributed by atoms with van der Waals surface area (Å²) in [5.74, 6) is -44.0. The van der Waals surface area contributed by atoms with E-state index < -0.39 is 101 Å². The first kappa shape index (κ1) is 28.7. The molecule has 38 heavy (non-hydrogen) atoms. The minimum atomic E-state index is -7.14. The van der Waals surface area contributed by atoms with Crippen LogP contribution in [0, 0.1) is 28.6 Å². The number of carbonyl (C=O) groups excluding carboxylic acids is 3. The van der Waals surface area contributed by atoms with Crippen molar-refractivity contribution in [3.8, 4) is 0 Å². The molecule has 1 saturated heterocycles. The summed E-state index contributed by atoms with van der Waals surface area (Å²) in [5, 5.41) is 0. The van der Waals surface area contributed by atoms with Crippen molar-refractivity contribution >= 4 is 17.9 Å². The lowest BCUT2D eigenvalue weighted by Gasteiger charge is -2.49. The van der Waals surface area contributed by atoms with E-state index in [2.05, 4.69) is 4.74 Å². The van der Waals surface area contributed by atoms with Crippen LogP contribution in [0.25, 0.3) is 0 Å². The Labute approximate surface area is 208 Å². The van der Waals surface area contributed by atoms with E-state index >= 15 is 0 Å². The summed E-state index contributed by atoms with van der Waals surface area (Å²) in [4.78, 5) is 37.9. The van der Waals surface area contributed by atoms with E-state index in [4.69, 9.17) is 9.47 Å². The monoisotopic (exact) mass is 572 g/mol. The summed E-state index contributed by atoms with van der Waals surface area (Å²) < 4.78 is 153. The molecule has 4 fully saturated rings. The average molecular weight is 572 g/mol. The van der Waals surface area contributed by atoms with Gasteiger partial charge in [0.1, 0.15) is 24.7 Å². The molecule has 0 aromatic carbocycles. The lowest BCUT2D eigenvalue weighted by atomic mass is 9.73. The van der Waals surface area contributed by atoms with Gasteiger partial charge in [-0.25, -0.2) is 0 Å². The van der Waals surface area contributed by atoms with E-state index in [1.165, 1.54) is 0 Å².